The van der Waals surface area contributed by atoms with Gasteiger partial charge >= 0.3 is 0 Å². The number of nitrogens with one attached hydrogen (secondary N) is 1. The van der Waals surface area contributed by atoms with Gasteiger partial charge in [-0.15, -0.1) is 0 Å². The summed E-state index contributed by atoms with van der Waals surface area (Å²) in [5.74, 6) is 1.55. The quantitative estimate of drug-likeness (QED) is 0.872. The van der Waals surface area contributed by atoms with Crippen molar-refractivity contribution in [1.82, 2.24) is 10.2 Å². The Kier molecular flexibility index (Phi) is 4.65. The zero-order valence-electron chi connectivity index (χ0n) is 16.9. The first-order valence-corrected chi connectivity index (χ1v) is 10.8. The van der Waals surface area contributed by atoms with Gasteiger partial charge in [-0.1, -0.05) is 48.5 Å². The lowest BCUT2D eigenvalue weighted by Gasteiger charge is -2.45. The van der Waals surface area contributed by atoms with Gasteiger partial charge in [-0.2, -0.15) is 0 Å². The van der Waals surface area contributed by atoms with Crippen molar-refractivity contribution in [2.45, 2.75) is 38.0 Å². The van der Waals surface area contributed by atoms with E-state index in [2.05, 4.69) is 53.8 Å². The Balaban J connectivity index is 1.30. The first-order chi connectivity index (χ1) is 14.1. The van der Waals surface area contributed by atoms with Crippen LogP contribution < -0.4 is 5.32 Å². The zero-order chi connectivity index (χ0) is 20.0. The van der Waals surface area contributed by atoms with Gasteiger partial charge in [-0.05, 0) is 47.4 Å². The minimum Gasteiger partial charge on any atom is -0.356 e. The summed E-state index contributed by atoms with van der Waals surface area (Å²) in [5, 5.41) is 3.27. The molecule has 29 heavy (non-hydrogen) atoms. The van der Waals surface area contributed by atoms with Gasteiger partial charge in [0.25, 0.3) is 0 Å². The monoisotopic (exact) mass is 388 g/mol. The molecule has 3 aliphatic carbocycles. The van der Waals surface area contributed by atoms with Crippen LogP contribution in [0, 0.1) is 11.8 Å². The molecule has 1 aliphatic heterocycles. The van der Waals surface area contributed by atoms with Crippen LogP contribution in [-0.2, 0) is 9.59 Å². The van der Waals surface area contributed by atoms with E-state index in [0.717, 1.165) is 25.8 Å². The van der Waals surface area contributed by atoms with E-state index in [1.165, 1.54) is 22.3 Å². The molecule has 1 fully saturated rings. The highest BCUT2D eigenvalue weighted by molar-refractivity contribution is 5.79. The number of hydrogen-bond donors (Lipinski definition) is 1. The van der Waals surface area contributed by atoms with Crippen LogP contribution in [0.5, 0.6) is 0 Å². The van der Waals surface area contributed by atoms with Crippen molar-refractivity contribution in [3.63, 3.8) is 0 Å². The van der Waals surface area contributed by atoms with Crippen LogP contribution in [0.4, 0.5) is 0 Å². The lowest BCUT2D eigenvalue weighted by atomic mass is 9.59. The van der Waals surface area contributed by atoms with Crippen LogP contribution in [0.3, 0.4) is 0 Å². The molecule has 4 nitrogen and oxygen atoms in total. The van der Waals surface area contributed by atoms with Crippen molar-refractivity contribution in [1.29, 1.82) is 0 Å². The van der Waals surface area contributed by atoms with Crippen molar-refractivity contribution in [2.75, 3.05) is 19.6 Å². The SMILES string of the molecule is CC(=O)N1CCC(C(=O)NCC2CC3c4ccccc4C2c2ccccc23)CC1. The summed E-state index contributed by atoms with van der Waals surface area (Å²) in [4.78, 5) is 26.2. The maximum absolute atomic E-state index is 12.8. The normalized spacial score (nSPS) is 25.3. The molecule has 0 radical (unpaired) electrons. The number of piperidine rings is 1. The topological polar surface area (TPSA) is 49.4 Å². The molecule has 1 saturated heterocycles. The Hall–Kier alpha value is -2.62. The number of hydrogen-bond acceptors (Lipinski definition) is 2. The summed E-state index contributed by atoms with van der Waals surface area (Å²) in [7, 11) is 0. The number of fused-ring (bicyclic) bond motifs is 1. The Labute approximate surface area is 172 Å². The van der Waals surface area contributed by atoms with Crippen LogP contribution >= 0.6 is 0 Å². The molecule has 4 heteroatoms. The number of carbonyl (C=O) groups excluding carboxylic acids is 2. The maximum atomic E-state index is 12.8. The Bertz CT molecular complexity index is 898. The molecule has 2 aromatic carbocycles. The van der Waals surface area contributed by atoms with E-state index >= 15 is 0 Å². The summed E-state index contributed by atoms with van der Waals surface area (Å²) in [6.45, 7) is 3.73. The van der Waals surface area contributed by atoms with Crippen LogP contribution in [-0.4, -0.2) is 36.3 Å². The molecule has 0 aromatic heterocycles. The molecule has 6 rings (SSSR count). The molecule has 0 spiro atoms. The van der Waals surface area contributed by atoms with Crippen LogP contribution in [0.25, 0.3) is 0 Å². The predicted molar refractivity (Wildman–Crippen MR) is 113 cm³/mol. The molecule has 1 N–H and O–H groups in total. The van der Waals surface area contributed by atoms with E-state index in [1.807, 2.05) is 4.90 Å². The highest BCUT2D eigenvalue weighted by Crippen LogP contribution is 2.55. The van der Waals surface area contributed by atoms with Crippen molar-refractivity contribution < 1.29 is 9.59 Å². The zero-order valence-corrected chi connectivity index (χ0v) is 16.9. The van der Waals surface area contributed by atoms with Gasteiger partial charge in [0.05, 0.1) is 0 Å². The number of amides is 2. The highest BCUT2D eigenvalue weighted by Gasteiger charge is 2.43. The Morgan fingerprint density at radius 2 is 1.48 bits per heavy atom. The lowest BCUT2D eigenvalue weighted by molar-refractivity contribution is -0.134. The summed E-state index contributed by atoms with van der Waals surface area (Å²) in [6.07, 6.45) is 2.64. The first kappa shape index (κ1) is 18.4. The molecule has 150 valence electrons. The van der Waals surface area contributed by atoms with Gasteiger partial charge in [0.1, 0.15) is 0 Å². The van der Waals surface area contributed by atoms with Crippen LogP contribution in [0.1, 0.15) is 60.3 Å². The Morgan fingerprint density at radius 3 is 2.03 bits per heavy atom. The third-order valence-electron chi connectivity index (χ3n) is 7.27. The number of benzene rings is 2. The fraction of sp³-hybridized carbons (Fsp3) is 0.440. The fourth-order valence-corrected chi connectivity index (χ4v) is 5.79. The fourth-order valence-electron chi connectivity index (χ4n) is 5.79. The number of carbonyl (C=O) groups is 2. The summed E-state index contributed by atoms with van der Waals surface area (Å²) >= 11 is 0. The molecule has 1 atom stereocenters. The molecule has 2 amide bonds. The largest absolute Gasteiger partial charge is 0.356 e. The van der Waals surface area contributed by atoms with Crippen molar-refractivity contribution in [2.24, 2.45) is 11.8 Å². The van der Waals surface area contributed by atoms with Crippen LogP contribution in [0.2, 0.25) is 0 Å². The van der Waals surface area contributed by atoms with Gasteiger partial charge in [-0.25, -0.2) is 0 Å². The van der Waals surface area contributed by atoms with Crippen LogP contribution in [0.15, 0.2) is 48.5 Å². The standard InChI is InChI=1S/C25H28N2O2/c1-16(28)27-12-10-17(11-13-27)25(29)26-15-18-14-23-19-6-2-4-8-21(19)24(18)22-9-5-3-7-20(22)23/h2-9,17-18,23-24H,10-15H2,1H3,(H,26,29). The minimum absolute atomic E-state index is 0.0333. The van der Waals surface area contributed by atoms with E-state index in [0.29, 0.717) is 30.8 Å². The van der Waals surface area contributed by atoms with Gasteiger partial charge in [-0.3, -0.25) is 9.59 Å². The molecule has 1 unspecified atom stereocenters. The van der Waals surface area contributed by atoms with Gasteiger partial charge < -0.3 is 10.2 Å². The average Bonchev–Trinajstić information content (AvgIpc) is 2.77. The van der Waals surface area contributed by atoms with E-state index in [-0.39, 0.29) is 17.7 Å². The molecule has 4 aliphatic rings. The lowest BCUT2D eigenvalue weighted by Crippen LogP contribution is -2.44. The molecule has 2 aromatic rings. The minimum atomic E-state index is 0.0333. The predicted octanol–water partition coefficient (Wildman–Crippen LogP) is 3.66. The van der Waals surface area contributed by atoms with E-state index in [9.17, 15) is 9.59 Å². The molecule has 1 heterocycles. The summed E-state index contributed by atoms with van der Waals surface area (Å²) in [5.41, 5.74) is 5.82. The molecular formula is C25H28N2O2. The first-order valence-electron chi connectivity index (χ1n) is 10.8. The molecule has 0 saturated carbocycles. The third-order valence-corrected chi connectivity index (χ3v) is 7.27. The van der Waals surface area contributed by atoms with E-state index < -0.39 is 0 Å². The van der Waals surface area contributed by atoms with Crippen molar-refractivity contribution in [3.8, 4) is 0 Å². The van der Waals surface area contributed by atoms with Gasteiger partial charge in [0.15, 0.2) is 0 Å². The van der Waals surface area contributed by atoms with Gasteiger partial charge in [0.2, 0.25) is 11.8 Å². The van der Waals surface area contributed by atoms with Gasteiger partial charge in [0, 0.05) is 44.3 Å². The number of rotatable bonds is 3. The van der Waals surface area contributed by atoms with Crippen molar-refractivity contribution in [3.05, 3.63) is 70.8 Å². The molecule has 2 bridgehead atoms. The third kappa shape index (κ3) is 3.15. The highest BCUT2D eigenvalue weighted by atomic mass is 16.2. The number of nitrogens with zero attached hydrogens (tertiary/aromatic N) is 1. The second-order valence-electron chi connectivity index (χ2n) is 8.81. The molecular weight excluding hydrogens is 360 g/mol. The second-order valence-corrected chi connectivity index (χ2v) is 8.81. The second kappa shape index (κ2) is 7.33. The number of likely N-dealkylation sites (tertiary alicyclic amines) is 1. The van der Waals surface area contributed by atoms with E-state index in [4.69, 9.17) is 0 Å². The van der Waals surface area contributed by atoms with Crippen molar-refractivity contribution >= 4 is 11.8 Å². The average molecular weight is 389 g/mol. The maximum Gasteiger partial charge on any atom is 0.223 e. The smallest absolute Gasteiger partial charge is 0.223 e. The Morgan fingerprint density at radius 1 is 0.931 bits per heavy atom. The summed E-state index contributed by atoms with van der Waals surface area (Å²) < 4.78 is 0. The van der Waals surface area contributed by atoms with E-state index in [1.54, 1.807) is 6.92 Å². The summed E-state index contributed by atoms with van der Waals surface area (Å²) in [6, 6.07) is 17.7.